The lowest BCUT2D eigenvalue weighted by Crippen LogP contribution is -2.31. The molecule has 0 saturated carbocycles. The van der Waals surface area contributed by atoms with Crippen LogP contribution in [0.3, 0.4) is 0 Å². The van der Waals surface area contributed by atoms with Gasteiger partial charge in [0.2, 0.25) is 5.95 Å². The van der Waals surface area contributed by atoms with E-state index in [4.69, 9.17) is 4.52 Å². The number of thioether (sulfide) groups is 1. The first kappa shape index (κ1) is 17.8. The lowest BCUT2D eigenvalue weighted by molar-refractivity contribution is 0.369. The van der Waals surface area contributed by atoms with Crippen molar-refractivity contribution < 1.29 is 4.52 Å². The molecule has 2 aromatic heterocycles. The van der Waals surface area contributed by atoms with Crippen LogP contribution in [0.1, 0.15) is 49.1 Å². The van der Waals surface area contributed by atoms with Crippen LogP contribution < -0.4 is 4.90 Å². The largest absolute Gasteiger partial charge is 0.361 e. The van der Waals surface area contributed by atoms with Crippen molar-refractivity contribution in [2.45, 2.75) is 55.9 Å². The van der Waals surface area contributed by atoms with Crippen molar-refractivity contribution >= 4 is 17.7 Å². The Labute approximate surface area is 169 Å². The van der Waals surface area contributed by atoms with Crippen molar-refractivity contribution in [3.8, 4) is 5.69 Å². The summed E-state index contributed by atoms with van der Waals surface area (Å²) in [6, 6.07) is 10.4. The monoisotopic (exact) mass is 395 g/mol. The maximum absolute atomic E-state index is 5.58. The zero-order chi connectivity index (χ0) is 18.8. The van der Waals surface area contributed by atoms with Gasteiger partial charge < -0.3 is 9.42 Å². The number of hydrogen-bond donors (Lipinski definition) is 0. The topological polar surface area (TPSA) is 60.0 Å². The van der Waals surface area contributed by atoms with Crippen molar-refractivity contribution in [3.63, 3.8) is 0 Å². The molecule has 0 spiro atoms. The van der Waals surface area contributed by atoms with E-state index in [0.29, 0.717) is 0 Å². The number of piperidine rings is 1. The van der Waals surface area contributed by atoms with Gasteiger partial charge in [-0.1, -0.05) is 35.1 Å². The van der Waals surface area contributed by atoms with Gasteiger partial charge in [0.05, 0.1) is 11.4 Å². The van der Waals surface area contributed by atoms with Gasteiger partial charge >= 0.3 is 0 Å². The maximum atomic E-state index is 5.58. The van der Waals surface area contributed by atoms with E-state index in [1.54, 1.807) is 11.8 Å². The number of aryl methyl sites for hydroxylation is 1. The Balaban J connectivity index is 1.44. The molecule has 0 N–H and O–H groups in total. The highest BCUT2D eigenvalue weighted by Gasteiger charge is 2.23. The van der Waals surface area contributed by atoms with E-state index in [2.05, 4.69) is 49.1 Å². The van der Waals surface area contributed by atoms with Gasteiger partial charge in [0, 0.05) is 30.8 Å². The molecule has 6 nitrogen and oxygen atoms in total. The van der Waals surface area contributed by atoms with E-state index in [9.17, 15) is 0 Å². The molecule has 146 valence electrons. The predicted molar refractivity (Wildman–Crippen MR) is 110 cm³/mol. The van der Waals surface area contributed by atoms with Crippen molar-refractivity contribution in [2.75, 3.05) is 18.0 Å². The van der Waals surface area contributed by atoms with Gasteiger partial charge in [0.1, 0.15) is 5.76 Å². The average molecular weight is 396 g/mol. The molecule has 0 radical (unpaired) electrons. The van der Waals surface area contributed by atoms with Crippen molar-refractivity contribution in [3.05, 3.63) is 47.3 Å². The highest BCUT2D eigenvalue weighted by Crippen LogP contribution is 2.32. The molecule has 5 rings (SSSR count). The molecular weight excluding hydrogens is 370 g/mol. The quantitative estimate of drug-likeness (QED) is 0.596. The van der Waals surface area contributed by atoms with Gasteiger partial charge in [-0.15, -0.1) is 10.2 Å². The summed E-state index contributed by atoms with van der Waals surface area (Å²) >= 11 is 1.70. The molecule has 1 aliphatic carbocycles. The summed E-state index contributed by atoms with van der Waals surface area (Å²) in [7, 11) is 0. The molecule has 2 aliphatic rings. The number of para-hydroxylation sites is 1. The van der Waals surface area contributed by atoms with Crippen LogP contribution in [-0.2, 0) is 18.6 Å². The Morgan fingerprint density at radius 3 is 2.61 bits per heavy atom. The fourth-order valence-corrected chi connectivity index (χ4v) is 5.06. The second kappa shape index (κ2) is 7.99. The number of nitrogens with zero attached hydrogens (tertiary/aromatic N) is 5. The van der Waals surface area contributed by atoms with E-state index >= 15 is 0 Å². The molecule has 3 heterocycles. The summed E-state index contributed by atoms with van der Waals surface area (Å²) in [6.45, 7) is 2.10. The number of aromatic nitrogens is 4. The number of rotatable bonds is 5. The van der Waals surface area contributed by atoms with Gasteiger partial charge in [0.25, 0.3) is 0 Å². The van der Waals surface area contributed by atoms with Crippen LogP contribution >= 0.6 is 11.8 Å². The molecule has 1 aliphatic heterocycles. The van der Waals surface area contributed by atoms with Crippen LogP contribution in [0.2, 0.25) is 0 Å². The van der Waals surface area contributed by atoms with E-state index < -0.39 is 0 Å². The summed E-state index contributed by atoms with van der Waals surface area (Å²) in [6.07, 6.45) is 8.27. The van der Waals surface area contributed by atoms with Gasteiger partial charge in [0.15, 0.2) is 5.16 Å². The number of anilines is 1. The highest BCUT2D eigenvalue weighted by atomic mass is 32.2. The Hall–Kier alpha value is -2.28. The van der Waals surface area contributed by atoms with Crippen LogP contribution in [0.5, 0.6) is 0 Å². The van der Waals surface area contributed by atoms with Gasteiger partial charge in [-0.3, -0.25) is 4.57 Å². The Bertz CT molecular complexity index is 930. The maximum Gasteiger partial charge on any atom is 0.232 e. The molecule has 0 amide bonds. The molecule has 7 heteroatoms. The molecule has 1 aromatic carbocycles. The zero-order valence-corrected chi connectivity index (χ0v) is 16.8. The van der Waals surface area contributed by atoms with Crippen LogP contribution in [-0.4, -0.2) is 33.0 Å². The average Bonchev–Trinajstić information content (AvgIpc) is 3.38. The highest BCUT2D eigenvalue weighted by molar-refractivity contribution is 7.98. The Morgan fingerprint density at radius 1 is 0.929 bits per heavy atom. The summed E-state index contributed by atoms with van der Waals surface area (Å²) in [4.78, 5) is 2.37. The van der Waals surface area contributed by atoms with E-state index in [-0.39, 0.29) is 0 Å². The van der Waals surface area contributed by atoms with Crippen LogP contribution in [0.4, 0.5) is 5.95 Å². The second-order valence-electron chi connectivity index (χ2n) is 7.53. The zero-order valence-electron chi connectivity index (χ0n) is 16.0. The first-order valence-corrected chi connectivity index (χ1v) is 11.2. The van der Waals surface area contributed by atoms with Crippen molar-refractivity contribution in [1.29, 1.82) is 0 Å². The number of benzene rings is 1. The molecular formula is C21H25N5OS. The van der Waals surface area contributed by atoms with E-state index in [1.165, 1.54) is 37.7 Å². The minimum Gasteiger partial charge on any atom is -0.361 e. The minimum absolute atomic E-state index is 0.768. The van der Waals surface area contributed by atoms with Crippen molar-refractivity contribution in [2.24, 2.45) is 0 Å². The fraction of sp³-hybridized carbons (Fsp3) is 0.476. The number of fused-ring (bicyclic) bond motifs is 1. The van der Waals surface area contributed by atoms with Crippen LogP contribution in [0, 0.1) is 0 Å². The standard InChI is InChI=1S/C21H25N5OS/c1-3-9-16(10-4-1)26-20(25-13-7-2-8-14-25)22-23-21(26)28-15-18-17-11-5-6-12-19(17)27-24-18/h1,3-4,9-10H,2,5-8,11-15H2. The summed E-state index contributed by atoms with van der Waals surface area (Å²) in [5.74, 6) is 2.81. The molecule has 0 bridgehead atoms. The van der Waals surface area contributed by atoms with Gasteiger partial charge in [-0.05, 0) is 50.7 Å². The predicted octanol–water partition coefficient (Wildman–Crippen LogP) is 4.42. The van der Waals surface area contributed by atoms with Crippen LogP contribution in [0.15, 0.2) is 40.0 Å². The smallest absolute Gasteiger partial charge is 0.232 e. The molecule has 3 aromatic rings. The lowest BCUT2D eigenvalue weighted by Gasteiger charge is -2.27. The molecule has 1 fully saturated rings. The first-order chi connectivity index (χ1) is 13.9. The third kappa shape index (κ3) is 3.43. The molecule has 1 saturated heterocycles. The first-order valence-electron chi connectivity index (χ1n) is 10.2. The molecule has 0 unspecified atom stereocenters. The molecule has 0 atom stereocenters. The summed E-state index contributed by atoms with van der Waals surface area (Å²) in [5, 5.41) is 14.4. The Kier molecular flexibility index (Phi) is 5.08. The van der Waals surface area contributed by atoms with Gasteiger partial charge in [-0.2, -0.15) is 0 Å². The second-order valence-corrected chi connectivity index (χ2v) is 8.47. The molecule has 28 heavy (non-hydrogen) atoms. The van der Waals surface area contributed by atoms with E-state index in [0.717, 1.165) is 59.9 Å². The number of hydrogen-bond acceptors (Lipinski definition) is 6. The fourth-order valence-electron chi connectivity index (χ4n) is 4.15. The lowest BCUT2D eigenvalue weighted by atomic mass is 9.97. The SMILES string of the molecule is c1ccc(-n2c(SCc3noc4c3CCCC4)nnc2N2CCCCC2)cc1. The van der Waals surface area contributed by atoms with Crippen LogP contribution in [0.25, 0.3) is 5.69 Å². The normalized spacial score (nSPS) is 16.9. The minimum atomic E-state index is 0.768. The summed E-state index contributed by atoms with van der Waals surface area (Å²) < 4.78 is 7.77. The third-order valence-electron chi connectivity index (χ3n) is 5.64. The van der Waals surface area contributed by atoms with E-state index in [1.807, 2.05) is 6.07 Å². The summed E-state index contributed by atoms with van der Waals surface area (Å²) in [5.41, 5.74) is 3.50. The Morgan fingerprint density at radius 2 is 1.75 bits per heavy atom. The van der Waals surface area contributed by atoms with Crippen molar-refractivity contribution in [1.82, 2.24) is 19.9 Å². The van der Waals surface area contributed by atoms with Gasteiger partial charge in [-0.25, -0.2) is 0 Å². The third-order valence-corrected chi connectivity index (χ3v) is 6.58.